The number of hydrogen-bond acceptors (Lipinski definition) is 3. The lowest BCUT2D eigenvalue weighted by molar-refractivity contribution is 0.142. The Hall–Kier alpha value is -2.53. The smallest absolute Gasteiger partial charge is 0.315 e. The Kier molecular flexibility index (Phi) is 5.03. The molecule has 0 saturated heterocycles. The highest BCUT2D eigenvalue weighted by Gasteiger charge is 2.32. The van der Waals surface area contributed by atoms with Crippen LogP contribution in [-0.4, -0.2) is 30.9 Å². The number of aliphatic hydroxyl groups is 1. The van der Waals surface area contributed by atoms with Gasteiger partial charge in [0, 0.05) is 18.9 Å². The van der Waals surface area contributed by atoms with Crippen LogP contribution in [0.15, 0.2) is 42.5 Å². The second-order valence-corrected chi connectivity index (χ2v) is 7.46. The van der Waals surface area contributed by atoms with Gasteiger partial charge in [-0.05, 0) is 53.6 Å². The zero-order valence-corrected chi connectivity index (χ0v) is 15.6. The second kappa shape index (κ2) is 7.61. The standard InChI is InChI=1S/C22H26N2O3/c1-27-17-9-10-18-14(11-17)6-4-7-16(18)13-23-22(26)24-21-19-8-3-2-5-15(19)12-20(21)25/h2-3,5,8-11,16,20-21,25H,4,6-7,12-13H2,1H3,(H2,23,24,26)/t16?,20-,21+/m0/s1. The van der Waals surface area contributed by atoms with Crippen LogP contribution < -0.4 is 15.4 Å². The van der Waals surface area contributed by atoms with E-state index in [1.807, 2.05) is 30.3 Å². The molecule has 2 aliphatic rings. The summed E-state index contributed by atoms with van der Waals surface area (Å²) in [7, 11) is 1.68. The van der Waals surface area contributed by atoms with E-state index < -0.39 is 6.10 Å². The fraction of sp³-hybridized carbons (Fsp3) is 0.409. The minimum Gasteiger partial charge on any atom is -0.497 e. The van der Waals surface area contributed by atoms with Crippen molar-refractivity contribution in [2.24, 2.45) is 0 Å². The lowest BCUT2D eigenvalue weighted by atomic mass is 9.82. The number of methoxy groups -OCH3 is 1. The molecule has 3 N–H and O–H groups in total. The molecule has 0 fully saturated rings. The number of carbonyl (C=O) groups excluding carboxylic acids is 1. The number of nitrogens with one attached hydrogen (secondary N) is 2. The minimum absolute atomic E-state index is 0.226. The third-order valence-electron chi connectivity index (χ3n) is 5.79. The van der Waals surface area contributed by atoms with Gasteiger partial charge in [-0.15, -0.1) is 0 Å². The summed E-state index contributed by atoms with van der Waals surface area (Å²) in [5.41, 5.74) is 4.72. The van der Waals surface area contributed by atoms with Gasteiger partial charge in [-0.2, -0.15) is 0 Å². The van der Waals surface area contributed by atoms with E-state index in [0.717, 1.165) is 36.1 Å². The summed E-state index contributed by atoms with van der Waals surface area (Å²) in [6.45, 7) is 0.593. The van der Waals surface area contributed by atoms with Gasteiger partial charge in [-0.3, -0.25) is 0 Å². The first-order chi connectivity index (χ1) is 13.2. The Labute approximate surface area is 159 Å². The fourth-order valence-corrected chi connectivity index (χ4v) is 4.39. The summed E-state index contributed by atoms with van der Waals surface area (Å²) < 4.78 is 5.32. The Morgan fingerprint density at radius 3 is 2.89 bits per heavy atom. The van der Waals surface area contributed by atoms with E-state index in [1.54, 1.807) is 7.11 Å². The van der Waals surface area contributed by atoms with Crippen LogP contribution >= 0.6 is 0 Å². The van der Waals surface area contributed by atoms with Crippen LogP contribution in [0.25, 0.3) is 0 Å². The predicted molar refractivity (Wildman–Crippen MR) is 104 cm³/mol. The summed E-state index contributed by atoms with van der Waals surface area (Å²) in [5, 5.41) is 16.3. The van der Waals surface area contributed by atoms with Gasteiger partial charge in [0.25, 0.3) is 0 Å². The van der Waals surface area contributed by atoms with E-state index in [-0.39, 0.29) is 12.1 Å². The molecule has 2 aromatic carbocycles. The van der Waals surface area contributed by atoms with Gasteiger partial charge >= 0.3 is 6.03 Å². The van der Waals surface area contributed by atoms with Crippen molar-refractivity contribution >= 4 is 6.03 Å². The molecule has 2 amide bonds. The molecule has 0 radical (unpaired) electrons. The Balaban J connectivity index is 1.38. The lowest BCUT2D eigenvalue weighted by Crippen LogP contribution is -2.42. The lowest BCUT2D eigenvalue weighted by Gasteiger charge is -2.27. The third kappa shape index (κ3) is 3.65. The Morgan fingerprint density at radius 2 is 2.04 bits per heavy atom. The molecule has 5 nitrogen and oxygen atoms in total. The van der Waals surface area contributed by atoms with Gasteiger partial charge in [-0.25, -0.2) is 4.79 Å². The van der Waals surface area contributed by atoms with E-state index in [9.17, 15) is 9.90 Å². The number of ether oxygens (including phenoxy) is 1. The molecule has 2 aliphatic carbocycles. The SMILES string of the molecule is COc1ccc2c(c1)CCCC2CNC(=O)N[C@@H]1c2ccccc2C[C@@H]1O. The molecule has 5 heteroatoms. The molecule has 0 spiro atoms. The first-order valence-electron chi connectivity index (χ1n) is 9.62. The molecule has 0 heterocycles. The molecule has 0 saturated carbocycles. The quantitative estimate of drug-likeness (QED) is 0.779. The van der Waals surface area contributed by atoms with Crippen LogP contribution in [0.5, 0.6) is 5.75 Å². The zero-order chi connectivity index (χ0) is 18.8. The number of fused-ring (bicyclic) bond motifs is 2. The van der Waals surface area contributed by atoms with E-state index in [1.165, 1.54) is 11.1 Å². The minimum atomic E-state index is -0.573. The molecular weight excluding hydrogens is 340 g/mol. The first-order valence-corrected chi connectivity index (χ1v) is 9.62. The molecule has 27 heavy (non-hydrogen) atoms. The number of benzene rings is 2. The van der Waals surface area contributed by atoms with E-state index >= 15 is 0 Å². The van der Waals surface area contributed by atoms with Gasteiger partial charge in [0.15, 0.2) is 0 Å². The summed E-state index contributed by atoms with van der Waals surface area (Å²) in [6, 6.07) is 13.5. The van der Waals surface area contributed by atoms with Crippen molar-refractivity contribution in [1.82, 2.24) is 10.6 Å². The normalized spacial score (nSPS) is 23.3. The molecule has 3 atom stereocenters. The van der Waals surface area contributed by atoms with E-state index in [2.05, 4.69) is 22.8 Å². The largest absolute Gasteiger partial charge is 0.497 e. The number of aliphatic hydroxyl groups excluding tert-OH is 1. The van der Waals surface area contributed by atoms with E-state index in [0.29, 0.717) is 18.9 Å². The van der Waals surface area contributed by atoms with Crippen LogP contribution in [0.1, 0.15) is 47.1 Å². The van der Waals surface area contributed by atoms with Crippen LogP contribution in [-0.2, 0) is 12.8 Å². The van der Waals surface area contributed by atoms with Crippen molar-refractivity contribution in [2.45, 2.75) is 43.7 Å². The van der Waals surface area contributed by atoms with Crippen LogP contribution in [0.2, 0.25) is 0 Å². The van der Waals surface area contributed by atoms with Gasteiger partial charge < -0.3 is 20.5 Å². The molecule has 0 aromatic heterocycles. The molecule has 0 bridgehead atoms. The van der Waals surface area contributed by atoms with Crippen LogP contribution in [0.4, 0.5) is 4.79 Å². The summed E-state index contributed by atoms with van der Waals surface area (Å²) in [4.78, 5) is 12.5. The number of urea groups is 1. The monoisotopic (exact) mass is 366 g/mol. The maximum Gasteiger partial charge on any atom is 0.315 e. The van der Waals surface area contributed by atoms with Crippen molar-refractivity contribution in [1.29, 1.82) is 0 Å². The summed E-state index contributed by atoms with van der Waals surface area (Å²) in [6.07, 6.45) is 3.24. The molecule has 142 valence electrons. The van der Waals surface area contributed by atoms with Crippen LogP contribution in [0, 0.1) is 0 Å². The number of carbonyl (C=O) groups is 1. The maximum absolute atomic E-state index is 12.5. The highest BCUT2D eigenvalue weighted by Crippen LogP contribution is 2.34. The molecule has 4 rings (SSSR count). The van der Waals surface area contributed by atoms with Gasteiger partial charge in [0.2, 0.25) is 0 Å². The number of amides is 2. The third-order valence-corrected chi connectivity index (χ3v) is 5.79. The number of rotatable bonds is 4. The Morgan fingerprint density at radius 1 is 1.19 bits per heavy atom. The van der Waals surface area contributed by atoms with Crippen molar-refractivity contribution in [3.63, 3.8) is 0 Å². The van der Waals surface area contributed by atoms with Crippen molar-refractivity contribution < 1.29 is 14.6 Å². The predicted octanol–water partition coefficient (Wildman–Crippen LogP) is 3.07. The molecule has 2 aromatic rings. The topological polar surface area (TPSA) is 70.6 Å². The average molecular weight is 366 g/mol. The number of hydrogen-bond donors (Lipinski definition) is 3. The van der Waals surface area contributed by atoms with Crippen molar-refractivity contribution in [3.05, 3.63) is 64.7 Å². The zero-order valence-electron chi connectivity index (χ0n) is 15.6. The molecule has 0 aliphatic heterocycles. The second-order valence-electron chi connectivity index (χ2n) is 7.46. The highest BCUT2D eigenvalue weighted by molar-refractivity contribution is 5.75. The Bertz CT molecular complexity index is 836. The first kappa shape index (κ1) is 17.9. The molecular formula is C22H26N2O3. The highest BCUT2D eigenvalue weighted by atomic mass is 16.5. The van der Waals surface area contributed by atoms with Crippen molar-refractivity contribution in [2.75, 3.05) is 13.7 Å². The van der Waals surface area contributed by atoms with Crippen LogP contribution in [0.3, 0.4) is 0 Å². The fourth-order valence-electron chi connectivity index (χ4n) is 4.39. The van der Waals surface area contributed by atoms with Crippen molar-refractivity contribution in [3.8, 4) is 5.75 Å². The van der Waals surface area contributed by atoms with Gasteiger partial charge in [0.1, 0.15) is 5.75 Å². The maximum atomic E-state index is 12.5. The van der Waals surface area contributed by atoms with Gasteiger partial charge in [0.05, 0.1) is 19.3 Å². The number of aryl methyl sites for hydroxylation is 1. The average Bonchev–Trinajstić information content (AvgIpc) is 3.01. The molecule has 1 unspecified atom stereocenters. The summed E-state index contributed by atoms with van der Waals surface area (Å²) in [5.74, 6) is 1.19. The van der Waals surface area contributed by atoms with E-state index in [4.69, 9.17) is 4.74 Å². The van der Waals surface area contributed by atoms with Gasteiger partial charge in [-0.1, -0.05) is 30.3 Å². The summed E-state index contributed by atoms with van der Waals surface area (Å²) >= 11 is 0.